The monoisotopic (exact) mass is 227 g/mol. The Labute approximate surface area is 101 Å². The summed E-state index contributed by atoms with van der Waals surface area (Å²) >= 11 is 0. The number of nitrogens with one attached hydrogen (secondary N) is 1. The number of piperidine rings is 1. The lowest BCUT2D eigenvalue weighted by Crippen LogP contribution is -2.49. The van der Waals surface area contributed by atoms with Crippen LogP contribution in [0.25, 0.3) is 0 Å². The van der Waals surface area contributed by atoms with Crippen LogP contribution in [0.5, 0.6) is 0 Å². The van der Waals surface area contributed by atoms with Gasteiger partial charge >= 0.3 is 0 Å². The molecule has 16 heavy (non-hydrogen) atoms. The second-order valence-electron chi connectivity index (χ2n) is 6.10. The third-order valence-corrected chi connectivity index (χ3v) is 3.79. The van der Waals surface area contributed by atoms with Gasteiger partial charge in [-0.05, 0) is 44.3 Å². The lowest BCUT2D eigenvalue weighted by molar-refractivity contribution is 0.117. The lowest BCUT2D eigenvalue weighted by atomic mass is 9.75. The molecule has 1 fully saturated rings. The Balaban J connectivity index is 2.45. The predicted octanol–water partition coefficient (Wildman–Crippen LogP) is 1.29. The van der Waals surface area contributed by atoms with E-state index in [-0.39, 0.29) is 0 Å². The molecule has 1 aliphatic heterocycles. The summed E-state index contributed by atoms with van der Waals surface area (Å²) in [5.41, 5.74) is 5.95. The van der Waals surface area contributed by atoms with Gasteiger partial charge in [-0.15, -0.1) is 0 Å². The first-order valence-electron chi connectivity index (χ1n) is 6.58. The van der Waals surface area contributed by atoms with E-state index in [1.54, 1.807) is 0 Å². The van der Waals surface area contributed by atoms with E-state index in [4.69, 9.17) is 5.73 Å². The fourth-order valence-corrected chi connectivity index (χ4v) is 3.07. The first kappa shape index (κ1) is 13.9. The number of hydrogen-bond acceptors (Lipinski definition) is 3. The van der Waals surface area contributed by atoms with Gasteiger partial charge in [0.05, 0.1) is 0 Å². The summed E-state index contributed by atoms with van der Waals surface area (Å²) in [4.78, 5) is 2.49. The van der Waals surface area contributed by atoms with Crippen LogP contribution in [-0.2, 0) is 0 Å². The van der Waals surface area contributed by atoms with Crippen LogP contribution in [0, 0.1) is 11.3 Å². The normalized spacial score (nSPS) is 22.3. The van der Waals surface area contributed by atoms with Gasteiger partial charge in [-0.2, -0.15) is 0 Å². The molecular formula is C13H29N3. The summed E-state index contributed by atoms with van der Waals surface area (Å²) in [6.07, 6.45) is 2.62. The van der Waals surface area contributed by atoms with Crippen LogP contribution in [0.1, 0.15) is 33.6 Å². The minimum Gasteiger partial charge on any atom is -0.329 e. The topological polar surface area (TPSA) is 41.3 Å². The average molecular weight is 227 g/mol. The predicted molar refractivity (Wildman–Crippen MR) is 70.5 cm³/mol. The van der Waals surface area contributed by atoms with Crippen molar-refractivity contribution in [3.05, 3.63) is 0 Å². The number of nitrogens with zero attached hydrogens (tertiary/aromatic N) is 1. The number of nitrogens with two attached hydrogens (primary N) is 1. The maximum absolute atomic E-state index is 5.60. The Morgan fingerprint density at radius 3 is 2.25 bits per heavy atom. The molecule has 3 N–H and O–H groups in total. The minimum absolute atomic E-state index is 0.357. The Kier molecular flexibility index (Phi) is 5.22. The standard InChI is InChI=1S/C13H29N3/c1-13(2,3)12(15-4)11-5-8-16(9-6-11)10-7-14/h11-12,15H,5-10,14H2,1-4H3. The highest BCUT2D eigenvalue weighted by Crippen LogP contribution is 2.31. The number of likely N-dealkylation sites (tertiary alicyclic amines) is 1. The molecule has 1 saturated heterocycles. The van der Waals surface area contributed by atoms with E-state index < -0.39 is 0 Å². The second kappa shape index (κ2) is 5.99. The molecule has 0 aliphatic carbocycles. The fraction of sp³-hybridized carbons (Fsp3) is 1.00. The zero-order chi connectivity index (χ0) is 12.2. The molecule has 96 valence electrons. The summed E-state index contributed by atoms with van der Waals surface area (Å²) in [5.74, 6) is 0.819. The van der Waals surface area contributed by atoms with Crippen LogP contribution < -0.4 is 11.1 Å². The molecule has 1 unspecified atom stereocenters. The van der Waals surface area contributed by atoms with Gasteiger partial charge in [-0.1, -0.05) is 20.8 Å². The lowest BCUT2D eigenvalue weighted by Gasteiger charge is -2.41. The molecule has 1 heterocycles. The molecule has 0 spiro atoms. The summed E-state index contributed by atoms with van der Waals surface area (Å²) in [6, 6.07) is 0.632. The SMILES string of the molecule is CNC(C1CCN(CCN)CC1)C(C)(C)C. The molecule has 3 heteroatoms. The Morgan fingerprint density at radius 1 is 1.31 bits per heavy atom. The quantitative estimate of drug-likeness (QED) is 0.760. The van der Waals surface area contributed by atoms with E-state index in [0.29, 0.717) is 11.5 Å². The molecule has 0 aromatic rings. The third-order valence-electron chi connectivity index (χ3n) is 3.79. The van der Waals surface area contributed by atoms with Crippen LogP contribution in [0.15, 0.2) is 0 Å². The van der Waals surface area contributed by atoms with E-state index in [9.17, 15) is 0 Å². The zero-order valence-electron chi connectivity index (χ0n) is 11.4. The third kappa shape index (κ3) is 3.72. The minimum atomic E-state index is 0.357. The van der Waals surface area contributed by atoms with Crippen molar-refractivity contribution in [3.63, 3.8) is 0 Å². The molecule has 1 atom stereocenters. The Morgan fingerprint density at radius 2 is 1.88 bits per heavy atom. The molecule has 0 aromatic heterocycles. The maximum atomic E-state index is 5.60. The van der Waals surface area contributed by atoms with Crippen molar-refractivity contribution in [1.82, 2.24) is 10.2 Å². The maximum Gasteiger partial charge on any atom is 0.0142 e. The van der Waals surface area contributed by atoms with Crippen LogP contribution in [0.2, 0.25) is 0 Å². The van der Waals surface area contributed by atoms with Gasteiger partial charge in [-0.25, -0.2) is 0 Å². The molecule has 0 radical (unpaired) electrons. The van der Waals surface area contributed by atoms with Crippen molar-refractivity contribution in [2.24, 2.45) is 17.1 Å². The highest BCUT2D eigenvalue weighted by Gasteiger charge is 2.32. The molecular weight excluding hydrogens is 198 g/mol. The number of rotatable bonds is 4. The van der Waals surface area contributed by atoms with Crippen molar-refractivity contribution in [3.8, 4) is 0 Å². The molecule has 0 aromatic carbocycles. The molecule has 1 aliphatic rings. The second-order valence-corrected chi connectivity index (χ2v) is 6.10. The van der Waals surface area contributed by atoms with Crippen molar-refractivity contribution < 1.29 is 0 Å². The van der Waals surface area contributed by atoms with Gasteiger partial charge in [0, 0.05) is 19.1 Å². The van der Waals surface area contributed by atoms with Gasteiger partial charge in [0.1, 0.15) is 0 Å². The van der Waals surface area contributed by atoms with Crippen molar-refractivity contribution in [1.29, 1.82) is 0 Å². The first-order valence-corrected chi connectivity index (χ1v) is 6.58. The molecule has 0 amide bonds. The summed E-state index contributed by atoms with van der Waals surface area (Å²) in [7, 11) is 2.10. The van der Waals surface area contributed by atoms with Crippen molar-refractivity contribution >= 4 is 0 Å². The smallest absolute Gasteiger partial charge is 0.0142 e. The van der Waals surface area contributed by atoms with E-state index in [1.165, 1.54) is 25.9 Å². The van der Waals surface area contributed by atoms with Gasteiger partial charge < -0.3 is 16.0 Å². The van der Waals surface area contributed by atoms with Gasteiger partial charge in [-0.3, -0.25) is 0 Å². The van der Waals surface area contributed by atoms with Gasteiger partial charge in [0.25, 0.3) is 0 Å². The van der Waals surface area contributed by atoms with Crippen LogP contribution in [-0.4, -0.2) is 44.2 Å². The highest BCUT2D eigenvalue weighted by atomic mass is 15.1. The van der Waals surface area contributed by atoms with Crippen LogP contribution in [0.3, 0.4) is 0 Å². The summed E-state index contributed by atoms with van der Waals surface area (Å²) in [6.45, 7) is 11.3. The van der Waals surface area contributed by atoms with Gasteiger partial charge in [0.2, 0.25) is 0 Å². The van der Waals surface area contributed by atoms with Crippen molar-refractivity contribution in [2.45, 2.75) is 39.7 Å². The summed E-state index contributed by atoms with van der Waals surface area (Å²) < 4.78 is 0. The van der Waals surface area contributed by atoms with Gasteiger partial charge in [0.15, 0.2) is 0 Å². The van der Waals surface area contributed by atoms with Crippen molar-refractivity contribution in [2.75, 3.05) is 33.2 Å². The van der Waals surface area contributed by atoms with E-state index in [1.807, 2.05) is 0 Å². The number of hydrogen-bond donors (Lipinski definition) is 2. The van der Waals surface area contributed by atoms with E-state index in [2.05, 4.69) is 38.0 Å². The molecule has 0 bridgehead atoms. The fourth-order valence-electron chi connectivity index (χ4n) is 3.07. The molecule has 1 rings (SSSR count). The Bertz CT molecular complexity index is 190. The Hall–Kier alpha value is -0.120. The highest BCUT2D eigenvalue weighted by molar-refractivity contribution is 4.88. The van der Waals surface area contributed by atoms with E-state index >= 15 is 0 Å². The van der Waals surface area contributed by atoms with Crippen LogP contribution >= 0.6 is 0 Å². The largest absolute Gasteiger partial charge is 0.329 e. The first-order chi connectivity index (χ1) is 7.49. The summed E-state index contributed by atoms with van der Waals surface area (Å²) in [5, 5.41) is 3.52. The van der Waals surface area contributed by atoms with E-state index in [0.717, 1.165) is 19.0 Å². The molecule has 3 nitrogen and oxygen atoms in total. The van der Waals surface area contributed by atoms with Crippen LogP contribution in [0.4, 0.5) is 0 Å². The molecule has 0 saturated carbocycles. The zero-order valence-corrected chi connectivity index (χ0v) is 11.4. The average Bonchev–Trinajstić information content (AvgIpc) is 2.20.